The van der Waals surface area contributed by atoms with Crippen LogP contribution in [0.3, 0.4) is 0 Å². The number of carbonyl (C=O) groups is 1. The number of nitrogens with one attached hydrogen (secondary N) is 1. The summed E-state index contributed by atoms with van der Waals surface area (Å²) in [5, 5.41) is 13.3. The molecule has 0 aromatic heterocycles. The zero-order valence-corrected chi connectivity index (χ0v) is 16.0. The Morgan fingerprint density at radius 3 is 2.46 bits per heavy atom. The van der Waals surface area contributed by atoms with E-state index in [1.54, 1.807) is 0 Å². The number of rotatable bonds is 7. The van der Waals surface area contributed by atoms with E-state index in [4.69, 9.17) is 0 Å². The maximum absolute atomic E-state index is 12.6. The molecule has 2 aromatic rings. The van der Waals surface area contributed by atoms with Crippen LogP contribution in [0.4, 0.5) is 5.69 Å². The molecule has 0 spiro atoms. The average Bonchev–Trinajstić information content (AvgIpc) is 2.70. The van der Waals surface area contributed by atoms with Gasteiger partial charge in [-0.15, -0.1) is 0 Å². The molecule has 9 heteroatoms. The summed E-state index contributed by atoms with van der Waals surface area (Å²) in [4.78, 5) is 22.1. The van der Waals surface area contributed by atoms with E-state index in [1.165, 1.54) is 34.1 Å². The van der Waals surface area contributed by atoms with Crippen LogP contribution >= 0.6 is 0 Å². The number of amides is 1. The van der Waals surface area contributed by atoms with E-state index in [9.17, 15) is 23.3 Å². The Morgan fingerprint density at radius 2 is 1.79 bits per heavy atom. The van der Waals surface area contributed by atoms with Crippen molar-refractivity contribution >= 4 is 21.6 Å². The molecule has 1 heterocycles. The van der Waals surface area contributed by atoms with E-state index in [2.05, 4.69) is 5.32 Å². The first-order chi connectivity index (χ1) is 13.4. The Bertz CT molecular complexity index is 973. The summed E-state index contributed by atoms with van der Waals surface area (Å²) >= 11 is 0. The third-order valence-electron chi connectivity index (χ3n) is 4.69. The molecule has 0 atom stereocenters. The van der Waals surface area contributed by atoms with E-state index >= 15 is 0 Å². The van der Waals surface area contributed by atoms with Crippen molar-refractivity contribution in [2.24, 2.45) is 0 Å². The van der Waals surface area contributed by atoms with Gasteiger partial charge in [-0.2, -0.15) is 4.31 Å². The first kappa shape index (κ1) is 20.0. The molecule has 148 valence electrons. The molecule has 8 nitrogen and oxygen atoms in total. The second-order valence-corrected chi connectivity index (χ2v) is 8.67. The third kappa shape index (κ3) is 4.73. The minimum absolute atomic E-state index is 0.0459. The van der Waals surface area contributed by atoms with Gasteiger partial charge in [0, 0.05) is 37.3 Å². The molecule has 1 amide bonds. The lowest BCUT2D eigenvalue weighted by atomic mass is 10.0. The first-order valence-electron chi connectivity index (χ1n) is 8.94. The average molecular weight is 403 g/mol. The fraction of sp³-hybridized carbons (Fsp3) is 0.316. The van der Waals surface area contributed by atoms with Gasteiger partial charge in [0.2, 0.25) is 10.0 Å². The van der Waals surface area contributed by atoms with Gasteiger partial charge in [-0.25, -0.2) is 8.42 Å². The van der Waals surface area contributed by atoms with Crippen LogP contribution in [0.5, 0.6) is 0 Å². The molecule has 2 aromatic carbocycles. The number of non-ortho nitro benzene ring substituents is 1. The zero-order chi connectivity index (χ0) is 20.1. The molecule has 1 N–H and O–H groups in total. The van der Waals surface area contributed by atoms with E-state index in [0.29, 0.717) is 31.5 Å². The van der Waals surface area contributed by atoms with Gasteiger partial charge in [-0.1, -0.05) is 24.3 Å². The van der Waals surface area contributed by atoms with Crippen LogP contribution in [0.15, 0.2) is 48.5 Å². The van der Waals surface area contributed by atoms with Crippen molar-refractivity contribution in [1.82, 2.24) is 9.62 Å². The van der Waals surface area contributed by atoms with Gasteiger partial charge in [0.05, 0.1) is 10.7 Å². The lowest BCUT2D eigenvalue weighted by Gasteiger charge is -2.28. The minimum Gasteiger partial charge on any atom is -0.352 e. The third-order valence-corrected chi connectivity index (χ3v) is 6.60. The van der Waals surface area contributed by atoms with Crippen LogP contribution in [0.2, 0.25) is 0 Å². The fourth-order valence-electron chi connectivity index (χ4n) is 3.13. The van der Waals surface area contributed by atoms with Crippen molar-refractivity contribution < 1.29 is 18.1 Å². The van der Waals surface area contributed by atoms with E-state index in [1.807, 2.05) is 24.3 Å². The van der Waals surface area contributed by atoms with E-state index in [0.717, 1.165) is 5.56 Å². The van der Waals surface area contributed by atoms with Crippen LogP contribution in [0, 0.1) is 10.1 Å². The molecule has 0 unspecified atom stereocenters. The molecule has 1 aliphatic heterocycles. The molecular weight excluding hydrogens is 382 g/mol. The Hall–Kier alpha value is -2.78. The Morgan fingerprint density at radius 1 is 1.11 bits per heavy atom. The highest BCUT2D eigenvalue weighted by Crippen LogP contribution is 2.21. The molecule has 1 aliphatic rings. The van der Waals surface area contributed by atoms with Crippen molar-refractivity contribution in [2.45, 2.75) is 19.4 Å². The lowest BCUT2D eigenvalue weighted by Crippen LogP contribution is -2.38. The predicted octanol–water partition coefficient (Wildman–Crippen LogP) is 2.10. The number of nitro benzene ring substituents is 1. The molecule has 0 saturated carbocycles. The normalized spacial score (nSPS) is 14.3. The van der Waals surface area contributed by atoms with Crippen LogP contribution in [-0.2, 0) is 23.0 Å². The number of sulfonamides is 1. The summed E-state index contributed by atoms with van der Waals surface area (Å²) in [5.41, 5.74) is 2.42. The topological polar surface area (TPSA) is 110 Å². The lowest BCUT2D eigenvalue weighted by molar-refractivity contribution is -0.384. The Kier molecular flexibility index (Phi) is 6.05. The largest absolute Gasteiger partial charge is 0.352 e. The standard InChI is InChI=1S/C19H21N3O5S/c23-19(16-6-8-18(9-7-16)22(24)25)20-11-3-13-28(26,27)21-12-10-15-4-1-2-5-17(15)14-21/h1-2,4-9H,3,10-14H2,(H,20,23). The van der Waals surface area contributed by atoms with Crippen LogP contribution in [0.25, 0.3) is 0 Å². The number of hydrogen-bond acceptors (Lipinski definition) is 5. The smallest absolute Gasteiger partial charge is 0.269 e. The number of hydrogen-bond donors (Lipinski definition) is 1. The van der Waals surface area contributed by atoms with Gasteiger partial charge in [0.15, 0.2) is 0 Å². The molecular formula is C19H21N3O5S. The fourth-order valence-corrected chi connectivity index (χ4v) is 4.60. The molecule has 28 heavy (non-hydrogen) atoms. The van der Waals surface area contributed by atoms with Gasteiger partial charge in [0.1, 0.15) is 0 Å². The van der Waals surface area contributed by atoms with Crippen molar-refractivity contribution in [3.05, 3.63) is 75.3 Å². The molecule has 0 fully saturated rings. The van der Waals surface area contributed by atoms with Gasteiger partial charge in [-0.05, 0) is 36.1 Å². The van der Waals surface area contributed by atoms with Crippen molar-refractivity contribution in [3.63, 3.8) is 0 Å². The highest BCUT2D eigenvalue weighted by Gasteiger charge is 2.26. The van der Waals surface area contributed by atoms with Crippen molar-refractivity contribution in [2.75, 3.05) is 18.8 Å². The molecule has 0 radical (unpaired) electrons. The van der Waals surface area contributed by atoms with Crippen molar-refractivity contribution in [1.29, 1.82) is 0 Å². The molecule has 0 aliphatic carbocycles. The van der Waals surface area contributed by atoms with Gasteiger partial charge >= 0.3 is 0 Å². The van der Waals surface area contributed by atoms with Crippen LogP contribution in [-0.4, -0.2) is 42.4 Å². The monoisotopic (exact) mass is 403 g/mol. The Labute approximate surface area is 163 Å². The van der Waals surface area contributed by atoms with Gasteiger partial charge in [0.25, 0.3) is 11.6 Å². The van der Waals surface area contributed by atoms with Crippen LogP contribution in [0.1, 0.15) is 27.9 Å². The number of fused-ring (bicyclic) bond motifs is 1. The van der Waals surface area contributed by atoms with Gasteiger partial charge < -0.3 is 5.32 Å². The summed E-state index contributed by atoms with van der Waals surface area (Å²) in [6.45, 7) is 1.06. The summed E-state index contributed by atoms with van der Waals surface area (Å²) < 4.78 is 26.6. The maximum Gasteiger partial charge on any atom is 0.269 e. The summed E-state index contributed by atoms with van der Waals surface area (Å²) in [6.07, 6.45) is 0.992. The molecule has 0 bridgehead atoms. The highest BCUT2D eigenvalue weighted by atomic mass is 32.2. The first-order valence-corrected chi connectivity index (χ1v) is 10.5. The summed E-state index contributed by atoms with van der Waals surface area (Å²) in [5.74, 6) is -0.436. The second kappa shape index (κ2) is 8.49. The quantitative estimate of drug-likeness (QED) is 0.432. The molecule has 3 rings (SSSR count). The van der Waals surface area contributed by atoms with E-state index < -0.39 is 14.9 Å². The predicted molar refractivity (Wildman–Crippen MR) is 104 cm³/mol. The number of nitrogens with zero attached hydrogens (tertiary/aromatic N) is 2. The SMILES string of the molecule is O=C(NCCCS(=O)(=O)N1CCc2ccccc2C1)c1ccc([N+](=O)[O-])cc1. The number of benzene rings is 2. The second-order valence-electron chi connectivity index (χ2n) is 6.58. The summed E-state index contributed by atoms with van der Waals surface area (Å²) in [7, 11) is -3.40. The number of nitro groups is 1. The molecule has 0 saturated heterocycles. The summed E-state index contributed by atoms with van der Waals surface area (Å²) in [6, 6.07) is 13.1. The Balaban J connectivity index is 1.48. The number of carbonyl (C=O) groups excluding carboxylic acids is 1. The maximum atomic E-state index is 12.6. The zero-order valence-electron chi connectivity index (χ0n) is 15.2. The van der Waals surface area contributed by atoms with Crippen LogP contribution < -0.4 is 5.32 Å². The van der Waals surface area contributed by atoms with Gasteiger partial charge in [-0.3, -0.25) is 14.9 Å². The highest BCUT2D eigenvalue weighted by molar-refractivity contribution is 7.89. The minimum atomic E-state index is -3.40. The van der Waals surface area contributed by atoms with E-state index in [-0.39, 0.29) is 23.9 Å². The van der Waals surface area contributed by atoms with Crippen molar-refractivity contribution in [3.8, 4) is 0 Å².